The van der Waals surface area contributed by atoms with Gasteiger partial charge in [0.25, 0.3) is 0 Å². The highest BCUT2D eigenvalue weighted by atomic mass is 79.9. The second-order valence-electron chi connectivity index (χ2n) is 4.84. The van der Waals surface area contributed by atoms with E-state index in [1.54, 1.807) is 0 Å². The lowest BCUT2D eigenvalue weighted by atomic mass is 10.2. The van der Waals surface area contributed by atoms with Gasteiger partial charge in [0.05, 0.1) is 4.90 Å². The van der Waals surface area contributed by atoms with Crippen LogP contribution in [0, 0.1) is 5.82 Å². The summed E-state index contributed by atoms with van der Waals surface area (Å²) in [6.07, 6.45) is 0.811. The van der Waals surface area contributed by atoms with Gasteiger partial charge < -0.3 is 4.90 Å². The van der Waals surface area contributed by atoms with Crippen LogP contribution in [0.3, 0.4) is 0 Å². The van der Waals surface area contributed by atoms with Crippen LogP contribution in [0.15, 0.2) is 27.6 Å². The maximum absolute atomic E-state index is 13.0. The summed E-state index contributed by atoms with van der Waals surface area (Å²) in [5.41, 5.74) is 0. The average Bonchev–Trinajstić information content (AvgIpc) is 2.78. The third-order valence-corrected chi connectivity index (χ3v) is 6.21. The van der Waals surface area contributed by atoms with Crippen LogP contribution < -0.4 is 0 Å². The Hall–Kier alpha value is -0.500. The first-order valence-electron chi connectivity index (χ1n) is 5.94. The Bertz CT molecular complexity index is 577. The zero-order chi connectivity index (χ0) is 14.2. The van der Waals surface area contributed by atoms with E-state index in [2.05, 4.69) is 15.9 Å². The van der Waals surface area contributed by atoms with Gasteiger partial charge in [-0.3, -0.25) is 0 Å². The van der Waals surface area contributed by atoms with Crippen LogP contribution in [0.1, 0.15) is 6.42 Å². The van der Waals surface area contributed by atoms with Gasteiger partial charge in [-0.15, -0.1) is 0 Å². The summed E-state index contributed by atoms with van der Waals surface area (Å²) in [4.78, 5) is 2.14. The molecule has 0 bridgehead atoms. The molecule has 1 heterocycles. The molecule has 1 aliphatic rings. The van der Waals surface area contributed by atoms with E-state index in [9.17, 15) is 12.8 Å². The van der Waals surface area contributed by atoms with E-state index in [0.717, 1.165) is 12.5 Å². The van der Waals surface area contributed by atoms with Crippen molar-refractivity contribution in [2.45, 2.75) is 17.4 Å². The molecule has 1 saturated heterocycles. The molecule has 1 aromatic carbocycles. The van der Waals surface area contributed by atoms with Crippen LogP contribution in [0.2, 0.25) is 0 Å². The molecule has 4 nitrogen and oxygen atoms in total. The minimum Gasteiger partial charge on any atom is -0.305 e. The maximum Gasteiger partial charge on any atom is 0.244 e. The Labute approximate surface area is 121 Å². The van der Waals surface area contributed by atoms with Gasteiger partial charge in [-0.25, -0.2) is 12.8 Å². The highest BCUT2D eigenvalue weighted by Crippen LogP contribution is 2.28. The van der Waals surface area contributed by atoms with Crippen LogP contribution in [-0.4, -0.2) is 50.8 Å². The summed E-state index contributed by atoms with van der Waals surface area (Å²) in [6, 6.07) is 3.87. The fourth-order valence-electron chi connectivity index (χ4n) is 2.17. The number of hydrogen-bond donors (Lipinski definition) is 0. The fourth-order valence-corrected chi connectivity index (χ4v) is 4.68. The number of sulfonamides is 1. The molecule has 106 valence electrons. The third kappa shape index (κ3) is 2.99. The summed E-state index contributed by atoms with van der Waals surface area (Å²) in [5, 5.41) is 0. The molecule has 7 heteroatoms. The summed E-state index contributed by atoms with van der Waals surface area (Å²) in [7, 11) is 0.319. The van der Waals surface area contributed by atoms with Crippen molar-refractivity contribution in [3.63, 3.8) is 0 Å². The SMILES string of the molecule is CN(C)C1CCN(S(=O)(=O)c2ccc(F)cc2Br)C1. The minimum absolute atomic E-state index is 0.119. The highest BCUT2D eigenvalue weighted by molar-refractivity contribution is 9.10. The van der Waals surface area contributed by atoms with E-state index in [4.69, 9.17) is 0 Å². The number of halogens is 2. The molecular formula is C12H16BrFN2O2S. The van der Waals surface area contributed by atoms with Gasteiger partial charge in [-0.05, 0) is 54.6 Å². The van der Waals surface area contributed by atoms with Gasteiger partial charge in [0, 0.05) is 23.6 Å². The van der Waals surface area contributed by atoms with Crippen LogP contribution in [-0.2, 0) is 10.0 Å². The molecule has 1 aliphatic heterocycles. The average molecular weight is 351 g/mol. The van der Waals surface area contributed by atoms with Crippen molar-refractivity contribution >= 4 is 26.0 Å². The Morgan fingerprint density at radius 3 is 2.63 bits per heavy atom. The molecule has 1 atom stereocenters. The quantitative estimate of drug-likeness (QED) is 0.835. The summed E-state index contributed by atoms with van der Waals surface area (Å²) < 4.78 is 39.7. The lowest BCUT2D eigenvalue weighted by Crippen LogP contribution is -2.34. The lowest BCUT2D eigenvalue weighted by Gasteiger charge is -2.20. The molecule has 1 unspecified atom stereocenters. The van der Waals surface area contributed by atoms with E-state index in [1.807, 2.05) is 19.0 Å². The first-order valence-corrected chi connectivity index (χ1v) is 8.17. The molecule has 0 amide bonds. The van der Waals surface area contributed by atoms with E-state index in [-0.39, 0.29) is 15.4 Å². The molecule has 0 aliphatic carbocycles. The summed E-state index contributed by atoms with van der Waals surface area (Å²) in [5.74, 6) is -0.460. The summed E-state index contributed by atoms with van der Waals surface area (Å²) in [6.45, 7) is 0.966. The second kappa shape index (κ2) is 5.47. The second-order valence-corrected chi connectivity index (χ2v) is 7.60. The van der Waals surface area contributed by atoms with Crippen molar-refractivity contribution in [2.24, 2.45) is 0 Å². The van der Waals surface area contributed by atoms with E-state index in [0.29, 0.717) is 13.1 Å². The first-order chi connectivity index (χ1) is 8.82. The molecule has 1 aromatic rings. The zero-order valence-electron chi connectivity index (χ0n) is 10.8. The number of hydrogen-bond acceptors (Lipinski definition) is 3. The fraction of sp³-hybridized carbons (Fsp3) is 0.500. The van der Waals surface area contributed by atoms with Crippen LogP contribution >= 0.6 is 15.9 Å². The number of nitrogens with zero attached hydrogens (tertiary/aromatic N) is 2. The molecule has 0 radical (unpaired) electrons. The Kier molecular flexibility index (Phi) is 4.29. The van der Waals surface area contributed by atoms with Gasteiger partial charge in [0.1, 0.15) is 5.82 Å². The normalized spacial score (nSPS) is 21.2. The van der Waals surface area contributed by atoms with Crippen molar-refractivity contribution in [2.75, 3.05) is 27.2 Å². The predicted octanol–water partition coefficient (Wildman–Crippen LogP) is 1.91. The standard InChI is InChI=1S/C12H16BrFN2O2S/c1-15(2)10-5-6-16(8-10)19(17,18)12-4-3-9(14)7-11(12)13/h3-4,7,10H,5-6,8H2,1-2H3. The summed E-state index contributed by atoms with van der Waals surface area (Å²) >= 11 is 3.12. The van der Waals surface area contributed by atoms with Crippen molar-refractivity contribution in [3.05, 3.63) is 28.5 Å². The van der Waals surface area contributed by atoms with Crippen molar-refractivity contribution in [1.82, 2.24) is 9.21 Å². The molecule has 0 aromatic heterocycles. The monoisotopic (exact) mass is 350 g/mol. The lowest BCUT2D eigenvalue weighted by molar-refractivity contribution is 0.302. The Balaban J connectivity index is 2.29. The molecule has 0 N–H and O–H groups in total. The first kappa shape index (κ1) is 14.9. The van der Waals surface area contributed by atoms with Crippen molar-refractivity contribution < 1.29 is 12.8 Å². The number of benzene rings is 1. The van der Waals surface area contributed by atoms with Crippen LogP contribution in [0.5, 0.6) is 0 Å². The van der Waals surface area contributed by atoms with E-state index in [1.165, 1.54) is 16.4 Å². The van der Waals surface area contributed by atoms with Gasteiger partial charge >= 0.3 is 0 Å². The van der Waals surface area contributed by atoms with Crippen molar-refractivity contribution in [1.29, 1.82) is 0 Å². The Morgan fingerprint density at radius 1 is 1.42 bits per heavy atom. The van der Waals surface area contributed by atoms with E-state index >= 15 is 0 Å². The smallest absolute Gasteiger partial charge is 0.244 e. The molecule has 0 saturated carbocycles. The largest absolute Gasteiger partial charge is 0.305 e. The molecule has 19 heavy (non-hydrogen) atoms. The third-order valence-electron chi connectivity index (χ3n) is 3.37. The van der Waals surface area contributed by atoms with E-state index < -0.39 is 15.8 Å². The molecule has 2 rings (SSSR count). The highest BCUT2D eigenvalue weighted by Gasteiger charge is 2.34. The number of likely N-dealkylation sites (N-methyl/N-ethyl adjacent to an activating group) is 1. The number of rotatable bonds is 3. The van der Waals surface area contributed by atoms with Crippen LogP contribution in [0.4, 0.5) is 4.39 Å². The van der Waals surface area contributed by atoms with Gasteiger partial charge in [-0.1, -0.05) is 0 Å². The maximum atomic E-state index is 13.0. The zero-order valence-corrected chi connectivity index (χ0v) is 13.2. The van der Waals surface area contributed by atoms with Gasteiger partial charge in [-0.2, -0.15) is 4.31 Å². The molecule has 0 spiro atoms. The minimum atomic E-state index is -3.56. The van der Waals surface area contributed by atoms with Crippen LogP contribution in [0.25, 0.3) is 0 Å². The van der Waals surface area contributed by atoms with Crippen molar-refractivity contribution in [3.8, 4) is 0 Å². The van der Waals surface area contributed by atoms with Gasteiger partial charge in [0.15, 0.2) is 0 Å². The van der Waals surface area contributed by atoms with Gasteiger partial charge in [0.2, 0.25) is 10.0 Å². The predicted molar refractivity (Wildman–Crippen MR) is 75.0 cm³/mol. The Morgan fingerprint density at radius 2 is 2.11 bits per heavy atom. The molecular weight excluding hydrogens is 335 g/mol. The topological polar surface area (TPSA) is 40.6 Å². The molecule has 1 fully saturated rings.